The first-order valence-electron chi connectivity index (χ1n) is 5.69. The van der Waals surface area contributed by atoms with Gasteiger partial charge in [0.25, 0.3) is 5.91 Å². The molecule has 0 spiro atoms. The van der Waals surface area contributed by atoms with Gasteiger partial charge in [-0.3, -0.25) is 4.79 Å². The molecule has 0 bridgehead atoms. The fraction of sp³-hybridized carbons (Fsp3) is 0. The van der Waals surface area contributed by atoms with Crippen LogP contribution in [0, 0.1) is 0 Å². The molecule has 0 radical (unpaired) electrons. The highest BCUT2D eigenvalue weighted by atomic mass is 35.5. The van der Waals surface area contributed by atoms with Gasteiger partial charge in [-0.05, 0) is 24.3 Å². The van der Waals surface area contributed by atoms with Crippen LogP contribution >= 0.6 is 23.2 Å². The highest BCUT2D eigenvalue weighted by molar-refractivity contribution is 6.37. The topological polar surface area (TPSA) is 89.5 Å². The van der Waals surface area contributed by atoms with E-state index in [1.807, 2.05) is 0 Å². The Balaban J connectivity index is 2.34. The van der Waals surface area contributed by atoms with Crippen molar-refractivity contribution in [2.75, 3.05) is 5.32 Å². The van der Waals surface area contributed by atoms with E-state index in [2.05, 4.69) is 5.32 Å². The molecule has 0 atom stereocenters. The average Bonchev–Trinajstić information content (AvgIpc) is 2.40. The highest BCUT2D eigenvalue weighted by Gasteiger charge is 2.15. The predicted molar refractivity (Wildman–Crippen MR) is 77.3 cm³/mol. The maximum Gasteiger partial charge on any atom is 0.337 e. The summed E-state index contributed by atoms with van der Waals surface area (Å²) in [7, 11) is 0. The van der Waals surface area contributed by atoms with Gasteiger partial charge < -0.3 is 15.5 Å². The molecule has 0 heterocycles. The Bertz CT molecular complexity index is 731. The number of carbonyl (C=O) groups is 2. The van der Waals surface area contributed by atoms with Crippen molar-refractivity contribution in [1.82, 2.24) is 0 Å². The number of halogens is 2. The molecule has 21 heavy (non-hydrogen) atoms. The Hall–Kier alpha value is -2.24. The van der Waals surface area contributed by atoms with E-state index >= 15 is 0 Å². The van der Waals surface area contributed by atoms with Crippen LogP contribution in [-0.2, 0) is 0 Å². The number of rotatable bonds is 3. The molecular weight excluding hydrogens is 317 g/mol. The van der Waals surface area contributed by atoms with Crippen LogP contribution in [0.15, 0.2) is 36.4 Å². The lowest BCUT2D eigenvalue weighted by molar-refractivity contribution is -0.268. The number of benzene rings is 2. The quantitative estimate of drug-likeness (QED) is 0.908. The number of carboxylic acids is 1. The van der Waals surface area contributed by atoms with Crippen LogP contribution in [0.3, 0.4) is 0 Å². The summed E-state index contributed by atoms with van der Waals surface area (Å²) in [5.41, 5.74) is -0.136. The maximum absolute atomic E-state index is 12.1. The monoisotopic (exact) mass is 324 g/mol. The predicted octanol–water partition coefficient (Wildman–Crippen LogP) is 3.02. The van der Waals surface area contributed by atoms with Gasteiger partial charge in [-0.25, -0.2) is 4.79 Å². The van der Waals surface area contributed by atoms with Crippen molar-refractivity contribution in [1.29, 1.82) is 0 Å². The molecule has 0 saturated heterocycles. The van der Waals surface area contributed by atoms with Crippen molar-refractivity contribution < 1.29 is 19.8 Å². The van der Waals surface area contributed by atoms with Crippen molar-refractivity contribution in [3.8, 4) is 5.75 Å². The second-order valence-corrected chi connectivity index (χ2v) is 4.93. The number of aromatic carboxylic acids is 1. The normalized spacial score (nSPS) is 10.2. The maximum atomic E-state index is 12.1. The van der Waals surface area contributed by atoms with Crippen LogP contribution in [0.1, 0.15) is 20.7 Å². The minimum Gasteiger partial charge on any atom is -0.872 e. The third-order valence-electron chi connectivity index (χ3n) is 2.65. The van der Waals surface area contributed by atoms with E-state index < -0.39 is 17.6 Å². The Morgan fingerprint density at radius 1 is 1.05 bits per heavy atom. The lowest BCUT2D eigenvalue weighted by atomic mass is 10.1. The summed E-state index contributed by atoms with van der Waals surface area (Å²) in [5.74, 6) is -2.38. The molecule has 2 aromatic rings. The molecule has 0 fully saturated rings. The molecular formula is C14H8Cl2NO4-. The summed E-state index contributed by atoms with van der Waals surface area (Å²) in [6, 6.07) is 7.63. The Morgan fingerprint density at radius 2 is 1.76 bits per heavy atom. The smallest absolute Gasteiger partial charge is 0.337 e. The summed E-state index contributed by atoms with van der Waals surface area (Å²) in [4.78, 5) is 23.2. The zero-order valence-corrected chi connectivity index (χ0v) is 11.9. The first kappa shape index (κ1) is 15.2. The van der Waals surface area contributed by atoms with E-state index in [9.17, 15) is 14.7 Å². The zero-order chi connectivity index (χ0) is 15.6. The number of hydrogen-bond donors (Lipinski definition) is 2. The second kappa shape index (κ2) is 6.03. The van der Waals surface area contributed by atoms with Crippen LogP contribution in [-0.4, -0.2) is 17.0 Å². The van der Waals surface area contributed by atoms with Gasteiger partial charge in [-0.2, -0.15) is 0 Å². The molecule has 0 unspecified atom stereocenters. The van der Waals surface area contributed by atoms with E-state index in [1.54, 1.807) is 0 Å². The third-order valence-corrected chi connectivity index (χ3v) is 3.19. The van der Waals surface area contributed by atoms with E-state index in [0.717, 1.165) is 12.1 Å². The van der Waals surface area contributed by atoms with E-state index in [4.69, 9.17) is 28.3 Å². The van der Waals surface area contributed by atoms with Crippen molar-refractivity contribution in [3.05, 3.63) is 57.6 Å². The van der Waals surface area contributed by atoms with Crippen molar-refractivity contribution in [3.63, 3.8) is 0 Å². The molecule has 0 aliphatic carbocycles. The highest BCUT2D eigenvalue weighted by Crippen LogP contribution is 2.24. The first-order valence-corrected chi connectivity index (χ1v) is 6.45. The van der Waals surface area contributed by atoms with Crippen molar-refractivity contribution >= 4 is 40.8 Å². The largest absolute Gasteiger partial charge is 0.872 e. The van der Waals surface area contributed by atoms with Gasteiger partial charge >= 0.3 is 5.97 Å². The van der Waals surface area contributed by atoms with Gasteiger partial charge in [-0.15, -0.1) is 5.75 Å². The molecule has 2 N–H and O–H groups in total. The number of anilines is 1. The number of carboxylic acid groups (broad SMARTS) is 1. The van der Waals surface area contributed by atoms with Gasteiger partial charge in [0.15, 0.2) is 0 Å². The summed E-state index contributed by atoms with van der Waals surface area (Å²) in [6.07, 6.45) is 0. The Kier molecular flexibility index (Phi) is 4.35. The standard InChI is InChI=1S/C14H9Cl2NO4/c15-7-1-3-9(11(16)5-7)13(19)17-12-4-2-8(18)6-10(12)14(20)21/h1-6,18H,(H,17,19)(H,20,21)/p-1. The summed E-state index contributed by atoms with van der Waals surface area (Å²) in [5, 5.41) is 23.1. The minimum atomic E-state index is -1.31. The van der Waals surface area contributed by atoms with Crippen molar-refractivity contribution in [2.45, 2.75) is 0 Å². The van der Waals surface area contributed by atoms with Gasteiger partial charge in [-0.1, -0.05) is 35.3 Å². The van der Waals surface area contributed by atoms with Crippen LogP contribution in [0.4, 0.5) is 5.69 Å². The van der Waals surface area contributed by atoms with E-state index in [0.29, 0.717) is 5.02 Å². The van der Waals surface area contributed by atoms with Crippen molar-refractivity contribution in [2.24, 2.45) is 0 Å². The number of amides is 1. The SMILES string of the molecule is O=C(Nc1ccc([O-])cc1C(=O)O)c1ccc(Cl)cc1Cl. The van der Waals surface area contributed by atoms with E-state index in [1.165, 1.54) is 24.3 Å². The van der Waals surface area contributed by atoms with Crippen LogP contribution in [0.5, 0.6) is 5.75 Å². The molecule has 2 aromatic carbocycles. The summed E-state index contributed by atoms with van der Waals surface area (Å²) < 4.78 is 0. The van der Waals surface area contributed by atoms with Gasteiger partial charge in [0.1, 0.15) is 0 Å². The fourth-order valence-corrected chi connectivity index (χ4v) is 2.17. The zero-order valence-electron chi connectivity index (χ0n) is 10.4. The lowest BCUT2D eigenvalue weighted by Crippen LogP contribution is -2.15. The Labute approximate surface area is 129 Å². The molecule has 5 nitrogen and oxygen atoms in total. The average molecular weight is 325 g/mol. The third kappa shape index (κ3) is 3.45. The lowest BCUT2D eigenvalue weighted by Gasteiger charge is -2.13. The molecule has 0 aromatic heterocycles. The number of hydrogen-bond acceptors (Lipinski definition) is 3. The Morgan fingerprint density at radius 3 is 2.38 bits per heavy atom. The molecule has 0 aliphatic heterocycles. The van der Waals surface area contributed by atoms with E-state index in [-0.39, 0.29) is 21.8 Å². The molecule has 0 saturated carbocycles. The first-order chi connectivity index (χ1) is 9.88. The van der Waals surface area contributed by atoms with Crippen LogP contribution in [0.2, 0.25) is 10.0 Å². The molecule has 7 heteroatoms. The summed E-state index contributed by atoms with van der Waals surface area (Å²) >= 11 is 11.6. The van der Waals surface area contributed by atoms with Crippen LogP contribution < -0.4 is 10.4 Å². The molecule has 0 aliphatic rings. The van der Waals surface area contributed by atoms with Gasteiger partial charge in [0.2, 0.25) is 0 Å². The number of nitrogens with one attached hydrogen (secondary N) is 1. The second-order valence-electron chi connectivity index (χ2n) is 4.09. The van der Waals surface area contributed by atoms with Gasteiger partial charge in [0, 0.05) is 5.02 Å². The van der Waals surface area contributed by atoms with Gasteiger partial charge in [0.05, 0.1) is 21.8 Å². The molecule has 108 valence electrons. The minimum absolute atomic E-state index is 0.0121. The molecule has 2 rings (SSSR count). The summed E-state index contributed by atoms with van der Waals surface area (Å²) in [6.45, 7) is 0. The van der Waals surface area contributed by atoms with Crippen LogP contribution in [0.25, 0.3) is 0 Å². The fourth-order valence-electron chi connectivity index (χ4n) is 1.67. The molecule has 1 amide bonds. The number of carbonyl (C=O) groups excluding carboxylic acids is 1.